The van der Waals surface area contributed by atoms with Crippen LogP contribution in [0, 0.1) is 25.7 Å². The number of nitrogens with two attached hydrogens (primary N) is 1. The smallest absolute Gasteiger partial charge is 0.373 e. The zero-order valence-electron chi connectivity index (χ0n) is 23.4. The van der Waals surface area contributed by atoms with E-state index in [2.05, 4.69) is 78.6 Å². The van der Waals surface area contributed by atoms with Crippen molar-refractivity contribution in [3.8, 4) is 23.2 Å². The molecule has 42 heavy (non-hydrogen) atoms. The van der Waals surface area contributed by atoms with Crippen molar-refractivity contribution in [3.63, 3.8) is 0 Å². The van der Waals surface area contributed by atoms with Gasteiger partial charge in [0, 0.05) is 48.6 Å². The molecule has 0 fully saturated rings. The molecule has 0 amide bonds. The number of carbonyl (C=O) groups excluding carboxylic acids is 4. The summed E-state index contributed by atoms with van der Waals surface area (Å²) in [5.74, 6) is 7.19. The van der Waals surface area contributed by atoms with Crippen molar-refractivity contribution in [2.45, 2.75) is 13.8 Å². The Bertz CT molecular complexity index is 1750. The fourth-order valence-electron chi connectivity index (χ4n) is 3.48. The van der Waals surface area contributed by atoms with E-state index in [0.29, 0.717) is 23.3 Å². The summed E-state index contributed by atoms with van der Waals surface area (Å²) in [6, 6.07) is 17.9. The lowest BCUT2D eigenvalue weighted by Gasteiger charge is -2.00. The van der Waals surface area contributed by atoms with E-state index in [9.17, 15) is 0 Å². The molecule has 0 aliphatic heterocycles. The first kappa shape index (κ1) is 32.1. The monoisotopic (exact) mass is 564 g/mol. The molecule has 212 valence electrons. The van der Waals surface area contributed by atoms with Crippen molar-refractivity contribution in [1.82, 2.24) is 24.9 Å². The average molecular weight is 565 g/mol. The van der Waals surface area contributed by atoms with Crippen molar-refractivity contribution in [2.24, 2.45) is 0 Å². The van der Waals surface area contributed by atoms with Crippen LogP contribution in [0.4, 0.5) is 17.6 Å². The van der Waals surface area contributed by atoms with Gasteiger partial charge in [-0.1, -0.05) is 23.6 Å². The van der Waals surface area contributed by atoms with Crippen LogP contribution in [-0.2, 0) is 19.2 Å². The second-order valence-electron chi connectivity index (χ2n) is 8.31. The highest BCUT2D eigenvalue weighted by Gasteiger charge is 2.05. The summed E-state index contributed by atoms with van der Waals surface area (Å²) in [6.45, 7) is 4.10. The Morgan fingerprint density at radius 3 is 2.00 bits per heavy atom. The number of aryl methyl sites for hydroxylation is 2. The molecular weight excluding hydrogens is 536 g/mol. The number of hydrogen-bond acceptors (Lipinski definition) is 11. The van der Waals surface area contributed by atoms with Crippen LogP contribution in [0.1, 0.15) is 22.4 Å². The quantitative estimate of drug-likeness (QED) is 0.185. The predicted molar refractivity (Wildman–Crippen MR) is 157 cm³/mol. The minimum atomic E-state index is 0.250. The summed E-state index contributed by atoms with van der Waals surface area (Å²) in [6.07, 6.45) is 3.92. The second kappa shape index (κ2) is 16.7. The van der Waals surface area contributed by atoms with E-state index >= 15 is 0 Å². The maximum Gasteiger partial charge on any atom is 0.373 e. The highest BCUT2D eigenvalue weighted by Crippen LogP contribution is 2.23. The summed E-state index contributed by atoms with van der Waals surface area (Å²) in [7, 11) is 3.58. The molecule has 0 radical (unpaired) electrons. The van der Waals surface area contributed by atoms with Crippen molar-refractivity contribution in [2.75, 3.05) is 30.5 Å². The number of nitrogens with zero attached hydrogens (tertiary/aromatic N) is 4. The molecular formula is C30H28N8O4. The van der Waals surface area contributed by atoms with E-state index in [1.54, 1.807) is 25.5 Å². The molecule has 0 saturated carbocycles. The lowest BCUT2D eigenvalue weighted by atomic mass is 10.1. The molecule has 2 aromatic carbocycles. The number of benzene rings is 2. The first-order chi connectivity index (χ1) is 20.3. The Labute approximate surface area is 241 Å². The molecule has 12 nitrogen and oxygen atoms in total. The van der Waals surface area contributed by atoms with Crippen molar-refractivity contribution in [3.05, 3.63) is 89.4 Å². The molecule has 0 saturated heterocycles. The fourth-order valence-corrected chi connectivity index (χ4v) is 3.48. The highest BCUT2D eigenvalue weighted by molar-refractivity contribution is 5.85. The third-order valence-electron chi connectivity index (χ3n) is 5.34. The first-order valence-corrected chi connectivity index (χ1v) is 12.3. The lowest BCUT2D eigenvalue weighted by Crippen LogP contribution is -1.96. The van der Waals surface area contributed by atoms with Gasteiger partial charge in [0.15, 0.2) is 0 Å². The molecule has 5 N–H and O–H groups in total. The van der Waals surface area contributed by atoms with Crippen LogP contribution < -0.4 is 16.4 Å². The van der Waals surface area contributed by atoms with Gasteiger partial charge < -0.3 is 21.4 Å². The van der Waals surface area contributed by atoms with Gasteiger partial charge >= 0.3 is 12.3 Å². The van der Waals surface area contributed by atoms with E-state index in [1.165, 1.54) is 10.9 Å². The number of hydrogen-bond donors (Lipinski definition) is 4. The van der Waals surface area contributed by atoms with Gasteiger partial charge in [-0.05, 0) is 67.8 Å². The van der Waals surface area contributed by atoms with Gasteiger partial charge in [0.25, 0.3) is 0 Å². The number of rotatable bonds is 3. The normalized spacial score (nSPS) is 9.05. The number of fused-ring (bicyclic) bond motifs is 1. The molecule has 0 aliphatic carbocycles. The average Bonchev–Trinajstić information content (AvgIpc) is 3.42. The van der Waals surface area contributed by atoms with E-state index in [-0.39, 0.29) is 12.3 Å². The van der Waals surface area contributed by atoms with E-state index in [4.69, 9.17) is 24.9 Å². The molecule has 0 bridgehead atoms. The van der Waals surface area contributed by atoms with E-state index in [0.717, 1.165) is 28.0 Å². The van der Waals surface area contributed by atoms with Gasteiger partial charge in [-0.2, -0.15) is 19.2 Å². The topological polar surface area (TPSA) is 186 Å². The predicted octanol–water partition coefficient (Wildman–Crippen LogP) is 3.62. The van der Waals surface area contributed by atoms with Gasteiger partial charge in [-0.15, -0.1) is 0 Å². The summed E-state index contributed by atoms with van der Waals surface area (Å²) in [4.78, 5) is 52.7. The molecule has 0 atom stereocenters. The van der Waals surface area contributed by atoms with Crippen molar-refractivity contribution in [1.29, 1.82) is 0 Å². The molecule has 5 rings (SSSR count). The third-order valence-corrected chi connectivity index (χ3v) is 5.34. The van der Waals surface area contributed by atoms with Gasteiger partial charge in [-0.3, -0.25) is 0 Å². The van der Waals surface area contributed by atoms with Crippen LogP contribution in [0.3, 0.4) is 0 Å². The largest absolute Gasteiger partial charge is 0.398 e. The third kappa shape index (κ3) is 9.87. The number of H-pyrrole nitrogens is 1. The maximum atomic E-state index is 8.12. The van der Waals surface area contributed by atoms with E-state index in [1.807, 2.05) is 38.2 Å². The number of anilines is 3. The van der Waals surface area contributed by atoms with Gasteiger partial charge in [-0.25, -0.2) is 19.9 Å². The Morgan fingerprint density at radius 2 is 1.33 bits per heavy atom. The molecule has 12 heteroatoms. The summed E-state index contributed by atoms with van der Waals surface area (Å²) in [5.41, 5.74) is 13.4. The summed E-state index contributed by atoms with van der Waals surface area (Å²) < 4.78 is 0. The van der Waals surface area contributed by atoms with Crippen LogP contribution in [0.15, 0.2) is 67.0 Å². The highest BCUT2D eigenvalue weighted by atomic mass is 16.2. The molecule has 0 spiro atoms. The van der Waals surface area contributed by atoms with E-state index < -0.39 is 0 Å². The van der Waals surface area contributed by atoms with Crippen LogP contribution in [0.25, 0.3) is 22.3 Å². The lowest BCUT2D eigenvalue weighted by molar-refractivity contribution is -0.193. The molecule has 0 aliphatic rings. The zero-order chi connectivity index (χ0) is 30.9. The van der Waals surface area contributed by atoms with Gasteiger partial charge in [0.05, 0.1) is 11.4 Å². The van der Waals surface area contributed by atoms with Gasteiger partial charge in [0.1, 0.15) is 5.69 Å². The minimum Gasteiger partial charge on any atom is -0.398 e. The number of nitrogens with one attached hydrogen (secondary N) is 3. The van der Waals surface area contributed by atoms with Crippen LogP contribution in [-0.4, -0.2) is 51.3 Å². The molecule has 3 aromatic heterocycles. The van der Waals surface area contributed by atoms with Crippen molar-refractivity contribution < 1.29 is 19.2 Å². The van der Waals surface area contributed by atoms with Crippen molar-refractivity contribution >= 4 is 40.8 Å². The summed E-state index contributed by atoms with van der Waals surface area (Å²) in [5, 5.41) is 7.02. The Hall–Kier alpha value is -6.14. The Morgan fingerprint density at radius 1 is 0.738 bits per heavy atom. The Kier molecular flexibility index (Phi) is 12.8. The standard InChI is InChI=1S/2C14H14N4.2CO2/c1-9-3-4-11-10(7-9)8-13(17-11)12-5-6-16-14(15-2)18-12;1-10-3-6-13(15)11(9-10)4-5-12-7-8-17-14(16-2)18-12;2*2-1-3/h3-8,17H,1-2H3,(H,15,16,18);3,6-9H,15H2,1-2H3,(H,16,17,18);;. The van der Waals surface area contributed by atoms with Crippen LogP contribution in [0.2, 0.25) is 0 Å². The zero-order valence-corrected chi connectivity index (χ0v) is 23.4. The fraction of sp³-hybridized carbons (Fsp3) is 0.133. The number of nitrogen functional groups attached to an aromatic ring is 1. The summed E-state index contributed by atoms with van der Waals surface area (Å²) >= 11 is 0. The number of aromatic nitrogens is 5. The van der Waals surface area contributed by atoms with Crippen LogP contribution >= 0.6 is 0 Å². The molecule has 0 unspecified atom stereocenters. The van der Waals surface area contributed by atoms with Crippen LogP contribution in [0.5, 0.6) is 0 Å². The van der Waals surface area contributed by atoms with Gasteiger partial charge in [0.2, 0.25) is 11.9 Å². The Balaban J connectivity index is 0.000000248. The SMILES string of the molecule is CNc1nccc(-c2cc3cc(C)ccc3[nH]2)n1.CNc1nccc(C#Cc2cc(C)ccc2N)n1.O=C=O.O=C=O. The maximum absolute atomic E-state index is 8.12. The molecule has 5 aromatic rings. The minimum absolute atomic E-state index is 0.250. The first-order valence-electron chi connectivity index (χ1n) is 12.3. The number of aromatic amines is 1. The second-order valence-corrected chi connectivity index (χ2v) is 8.31. The molecule has 3 heterocycles.